The minimum Gasteiger partial charge on any atom is -0.508 e. The van der Waals surface area contributed by atoms with E-state index in [1.54, 1.807) is 41.3 Å². The SMILES string of the molecule is O=C1C(CC[C@H](O)c2ccc(F)cc2)C(c2ccc(-c3ccc(O)cc3)cc2)N1c1ccc(F)cc1. The highest BCUT2D eigenvalue weighted by Crippen LogP contribution is 2.46. The molecule has 182 valence electrons. The first-order valence-corrected chi connectivity index (χ1v) is 11.8. The Morgan fingerprint density at radius 3 is 1.86 bits per heavy atom. The topological polar surface area (TPSA) is 60.8 Å². The fourth-order valence-electron chi connectivity index (χ4n) is 4.82. The van der Waals surface area contributed by atoms with Gasteiger partial charge in [0.1, 0.15) is 17.4 Å². The smallest absolute Gasteiger partial charge is 0.233 e. The number of aliphatic hydroxyl groups excluding tert-OH is 1. The minimum absolute atomic E-state index is 0.0828. The number of anilines is 1. The molecule has 2 unspecified atom stereocenters. The van der Waals surface area contributed by atoms with E-state index in [1.807, 2.05) is 36.4 Å². The van der Waals surface area contributed by atoms with Crippen LogP contribution < -0.4 is 4.90 Å². The number of rotatable bonds is 7. The average molecular weight is 486 g/mol. The summed E-state index contributed by atoms with van der Waals surface area (Å²) >= 11 is 0. The van der Waals surface area contributed by atoms with Crippen molar-refractivity contribution in [3.63, 3.8) is 0 Å². The number of hydrogen-bond acceptors (Lipinski definition) is 3. The summed E-state index contributed by atoms with van der Waals surface area (Å²) in [5.74, 6) is -0.986. The van der Waals surface area contributed by atoms with Gasteiger partial charge in [-0.2, -0.15) is 0 Å². The van der Waals surface area contributed by atoms with E-state index in [9.17, 15) is 23.8 Å². The molecular formula is C30H25F2NO3. The van der Waals surface area contributed by atoms with E-state index in [1.165, 1.54) is 24.3 Å². The van der Waals surface area contributed by atoms with Crippen LogP contribution in [0.3, 0.4) is 0 Å². The second-order valence-corrected chi connectivity index (χ2v) is 9.05. The fourth-order valence-corrected chi connectivity index (χ4v) is 4.82. The predicted octanol–water partition coefficient (Wildman–Crippen LogP) is 6.56. The van der Waals surface area contributed by atoms with Crippen molar-refractivity contribution in [1.82, 2.24) is 0 Å². The number of benzene rings is 4. The zero-order valence-electron chi connectivity index (χ0n) is 19.4. The highest BCUT2D eigenvalue weighted by Gasteiger charge is 2.48. The van der Waals surface area contributed by atoms with Gasteiger partial charge in [-0.05, 0) is 83.6 Å². The zero-order valence-corrected chi connectivity index (χ0v) is 19.4. The van der Waals surface area contributed by atoms with Gasteiger partial charge in [0.25, 0.3) is 0 Å². The Kier molecular flexibility index (Phi) is 6.53. The Labute approximate surface area is 208 Å². The highest BCUT2D eigenvalue weighted by molar-refractivity contribution is 6.03. The van der Waals surface area contributed by atoms with Crippen molar-refractivity contribution in [3.05, 3.63) is 120 Å². The van der Waals surface area contributed by atoms with Crippen LogP contribution in [0.1, 0.15) is 36.1 Å². The van der Waals surface area contributed by atoms with Crippen molar-refractivity contribution < 1.29 is 23.8 Å². The number of aromatic hydroxyl groups is 1. The molecule has 1 amide bonds. The van der Waals surface area contributed by atoms with Crippen LogP contribution in [0.2, 0.25) is 0 Å². The normalized spacial score (nSPS) is 18.1. The Bertz CT molecular complexity index is 1340. The molecule has 1 aliphatic rings. The van der Waals surface area contributed by atoms with Gasteiger partial charge in [0.15, 0.2) is 0 Å². The fraction of sp³-hybridized carbons (Fsp3) is 0.167. The van der Waals surface area contributed by atoms with Crippen LogP contribution in [0.4, 0.5) is 14.5 Å². The highest BCUT2D eigenvalue weighted by atomic mass is 19.1. The van der Waals surface area contributed by atoms with Crippen molar-refractivity contribution in [1.29, 1.82) is 0 Å². The molecule has 1 saturated heterocycles. The molecule has 1 aliphatic heterocycles. The molecule has 0 aliphatic carbocycles. The van der Waals surface area contributed by atoms with Gasteiger partial charge >= 0.3 is 0 Å². The number of phenolic OH excluding ortho intramolecular Hbond substituents is 1. The van der Waals surface area contributed by atoms with Crippen molar-refractivity contribution in [2.75, 3.05) is 4.90 Å². The number of carbonyl (C=O) groups is 1. The van der Waals surface area contributed by atoms with Gasteiger partial charge in [0.05, 0.1) is 18.1 Å². The van der Waals surface area contributed by atoms with Gasteiger partial charge in [-0.1, -0.05) is 48.5 Å². The second-order valence-electron chi connectivity index (χ2n) is 9.05. The molecule has 36 heavy (non-hydrogen) atoms. The quantitative estimate of drug-likeness (QED) is 0.292. The first-order chi connectivity index (χ1) is 17.4. The van der Waals surface area contributed by atoms with Crippen LogP contribution in [0.5, 0.6) is 5.75 Å². The number of hydrogen-bond donors (Lipinski definition) is 2. The van der Waals surface area contributed by atoms with E-state index in [4.69, 9.17) is 0 Å². The zero-order chi connectivity index (χ0) is 25.2. The van der Waals surface area contributed by atoms with Crippen LogP contribution in [0.15, 0.2) is 97.1 Å². The number of aliphatic hydroxyl groups is 1. The molecular weight excluding hydrogens is 460 g/mol. The number of carbonyl (C=O) groups excluding carboxylic acids is 1. The molecule has 4 aromatic carbocycles. The van der Waals surface area contributed by atoms with Crippen molar-refractivity contribution in [3.8, 4) is 16.9 Å². The molecule has 0 aromatic heterocycles. The molecule has 3 atom stereocenters. The van der Waals surface area contributed by atoms with Crippen molar-refractivity contribution in [2.45, 2.75) is 25.0 Å². The molecule has 1 fully saturated rings. The summed E-state index contributed by atoms with van der Waals surface area (Å²) in [6, 6.07) is 26.1. The lowest BCUT2D eigenvalue weighted by molar-refractivity contribution is -0.131. The van der Waals surface area contributed by atoms with Crippen LogP contribution in [-0.2, 0) is 4.79 Å². The lowest BCUT2D eigenvalue weighted by Crippen LogP contribution is -2.55. The maximum atomic E-state index is 13.5. The first kappa shape index (κ1) is 23.7. The molecule has 4 aromatic rings. The van der Waals surface area contributed by atoms with Gasteiger partial charge in [0.2, 0.25) is 5.91 Å². The van der Waals surface area contributed by atoms with Crippen molar-refractivity contribution in [2.24, 2.45) is 5.92 Å². The van der Waals surface area contributed by atoms with Gasteiger partial charge in [0, 0.05) is 5.69 Å². The van der Waals surface area contributed by atoms with E-state index in [2.05, 4.69) is 0 Å². The maximum Gasteiger partial charge on any atom is 0.233 e. The van der Waals surface area contributed by atoms with Crippen molar-refractivity contribution >= 4 is 11.6 Å². The molecule has 6 heteroatoms. The monoisotopic (exact) mass is 485 g/mol. The summed E-state index contributed by atoms with van der Waals surface area (Å²) in [4.78, 5) is 14.9. The number of β-lactam (4-membered cyclic amide) rings is 1. The minimum atomic E-state index is -0.809. The second kappa shape index (κ2) is 9.91. The molecule has 0 bridgehead atoms. The first-order valence-electron chi connectivity index (χ1n) is 11.8. The Balaban J connectivity index is 1.39. The lowest BCUT2D eigenvalue weighted by atomic mass is 9.78. The van der Waals surface area contributed by atoms with E-state index in [0.29, 0.717) is 24.1 Å². The standard InChI is InChI=1S/C30H25F2NO3/c31-23-9-5-21(6-10-23)28(35)18-17-27-29(33(30(27)36)25-13-11-24(32)12-14-25)22-3-1-19(2-4-22)20-7-15-26(34)16-8-20/h1-16,27-29,34-35H,17-18H2/t27?,28-,29?/m0/s1. The van der Waals surface area contributed by atoms with Crippen LogP contribution >= 0.6 is 0 Å². The summed E-state index contributed by atoms with van der Waals surface area (Å²) in [5.41, 5.74) is 4.08. The average Bonchev–Trinajstić information content (AvgIpc) is 2.89. The summed E-state index contributed by atoms with van der Waals surface area (Å²) in [6.45, 7) is 0. The molecule has 5 rings (SSSR count). The van der Waals surface area contributed by atoms with E-state index in [-0.39, 0.29) is 35.3 Å². The predicted molar refractivity (Wildman–Crippen MR) is 134 cm³/mol. The molecule has 0 saturated carbocycles. The van der Waals surface area contributed by atoms with Crippen LogP contribution in [0.25, 0.3) is 11.1 Å². The largest absolute Gasteiger partial charge is 0.508 e. The Hall–Kier alpha value is -4.03. The van der Waals surface area contributed by atoms with Gasteiger partial charge in [-0.15, -0.1) is 0 Å². The summed E-state index contributed by atoms with van der Waals surface area (Å²) < 4.78 is 26.8. The molecule has 0 spiro atoms. The molecule has 0 radical (unpaired) electrons. The van der Waals surface area contributed by atoms with Crippen LogP contribution in [-0.4, -0.2) is 16.1 Å². The summed E-state index contributed by atoms with van der Waals surface area (Å²) in [6.07, 6.45) is -0.0170. The van der Waals surface area contributed by atoms with E-state index < -0.39 is 6.10 Å². The van der Waals surface area contributed by atoms with Gasteiger partial charge in [-0.25, -0.2) is 8.78 Å². The summed E-state index contributed by atoms with van der Waals surface area (Å²) in [5, 5.41) is 20.2. The molecule has 4 nitrogen and oxygen atoms in total. The maximum absolute atomic E-state index is 13.5. The number of nitrogens with zero attached hydrogens (tertiary/aromatic N) is 1. The number of amides is 1. The third kappa shape index (κ3) is 4.72. The lowest BCUT2D eigenvalue weighted by Gasteiger charge is -2.48. The molecule has 2 N–H and O–H groups in total. The number of phenols is 1. The Morgan fingerprint density at radius 2 is 1.28 bits per heavy atom. The van der Waals surface area contributed by atoms with E-state index in [0.717, 1.165) is 16.7 Å². The third-order valence-electron chi connectivity index (χ3n) is 6.78. The molecule has 1 heterocycles. The van der Waals surface area contributed by atoms with E-state index >= 15 is 0 Å². The number of halogens is 2. The van der Waals surface area contributed by atoms with Gasteiger partial charge < -0.3 is 15.1 Å². The third-order valence-corrected chi connectivity index (χ3v) is 6.78. The van der Waals surface area contributed by atoms with Gasteiger partial charge in [-0.3, -0.25) is 4.79 Å². The van der Waals surface area contributed by atoms with Crippen LogP contribution in [0, 0.1) is 17.6 Å². The Morgan fingerprint density at radius 1 is 0.750 bits per heavy atom. The summed E-state index contributed by atoms with van der Waals surface area (Å²) in [7, 11) is 0.